The summed E-state index contributed by atoms with van der Waals surface area (Å²) >= 11 is 1.39. The van der Waals surface area contributed by atoms with Crippen molar-refractivity contribution in [1.29, 1.82) is 0 Å². The third-order valence-electron chi connectivity index (χ3n) is 4.38. The fourth-order valence-corrected chi connectivity index (χ4v) is 3.87. The zero-order valence-electron chi connectivity index (χ0n) is 15.5. The first kappa shape index (κ1) is 19.2. The Kier molecular flexibility index (Phi) is 6.29. The number of aryl methyl sites for hydroxylation is 1. The largest absolute Gasteiger partial charge is 0.345 e. The van der Waals surface area contributed by atoms with Gasteiger partial charge in [0.15, 0.2) is 10.9 Å². The number of amides is 1. The van der Waals surface area contributed by atoms with Gasteiger partial charge in [-0.2, -0.15) is 0 Å². The average molecular weight is 382 g/mol. The summed E-state index contributed by atoms with van der Waals surface area (Å²) in [6.07, 6.45) is 0.500. The summed E-state index contributed by atoms with van der Waals surface area (Å²) in [6.45, 7) is 4.36. The summed E-state index contributed by atoms with van der Waals surface area (Å²) in [6, 6.07) is 17.1. The molecular formula is C21H23N3O2S. The number of nitrogens with zero attached hydrogens (tertiary/aromatic N) is 2. The second-order valence-corrected chi connectivity index (χ2v) is 7.28. The van der Waals surface area contributed by atoms with Gasteiger partial charge in [0.25, 0.3) is 0 Å². The smallest absolute Gasteiger partial charge is 0.231 e. The lowest BCUT2D eigenvalue weighted by atomic mass is 10.0. The van der Waals surface area contributed by atoms with E-state index in [-0.39, 0.29) is 17.4 Å². The molecule has 0 aliphatic heterocycles. The highest BCUT2D eigenvalue weighted by molar-refractivity contribution is 7.99. The molecule has 1 N–H and O–H groups in total. The van der Waals surface area contributed by atoms with Crippen LogP contribution in [0.1, 0.15) is 19.4 Å². The zero-order valence-corrected chi connectivity index (χ0v) is 16.3. The minimum Gasteiger partial charge on any atom is -0.345 e. The number of benzene rings is 2. The normalized spacial score (nSPS) is 12.1. The highest BCUT2D eigenvalue weighted by Gasteiger charge is 2.18. The Morgan fingerprint density at radius 3 is 2.52 bits per heavy atom. The molecule has 0 fully saturated rings. The number of carbonyl (C=O) groups is 2. The van der Waals surface area contributed by atoms with Gasteiger partial charge < -0.3 is 9.88 Å². The van der Waals surface area contributed by atoms with Crippen LogP contribution in [-0.4, -0.2) is 33.0 Å². The summed E-state index contributed by atoms with van der Waals surface area (Å²) < 4.78 is 2.10. The topological polar surface area (TPSA) is 64.0 Å². The van der Waals surface area contributed by atoms with Crippen molar-refractivity contribution in [2.24, 2.45) is 0 Å². The number of ketones is 1. The summed E-state index contributed by atoms with van der Waals surface area (Å²) in [5, 5.41) is 3.68. The molecule has 6 heteroatoms. The molecule has 5 nitrogen and oxygen atoms in total. The standard InChI is InChI=1S/C21H23N3O2S/c1-3-24-19-12-8-7-11-17(19)23-21(24)27-14-20(26)22-18(15(2)25)13-16-9-5-4-6-10-16/h4-12,18H,3,13-14H2,1-2H3,(H,22,26)/t18-/m0/s1. The van der Waals surface area contributed by atoms with Crippen molar-refractivity contribution in [2.75, 3.05) is 5.75 Å². The quantitative estimate of drug-likeness (QED) is 0.607. The van der Waals surface area contributed by atoms with Gasteiger partial charge in [-0.15, -0.1) is 0 Å². The van der Waals surface area contributed by atoms with Crippen molar-refractivity contribution >= 4 is 34.5 Å². The number of fused-ring (bicyclic) bond motifs is 1. The third kappa shape index (κ3) is 4.77. The van der Waals surface area contributed by atoms with Crippen LogP contribution < -0.4 is 5.32 Å². The van der Waals surface area contributed by atoms with Gasteiger partial charge in [-0.1, -0.05) is 54.2 Å². The van der Waals surface area contributed by atoms with Crippen LogP contribution in [0.25, 0.3) is 11.0 Å². The van der Waals surface area contributed by atoms with E-state index in [1.165, 1.54) is 18.7 Å². The van der Waals surface area contributed by atoms with Gasteiger partial charge in [0.1, 0.15) is 0 Å². The SMILES string of the molecule is CCn1c(SCC(=O)N[C@@H](Cc2ccccc2)C(C)=O)nc2ccccc21. The molecule has 27 heavy (non-hydrogen) atoms. The summed E-state index contributed by atoms with van der Waals surface area (Å²) in [4.78, 5) is 29.0. The number of aromatic nitrogens is 2. The molecule has 0 aliphatic carbocycles. The molecular weight excluding hydrogens is 358 g/mol. The zero-order chi connectivity index (χ0) is 19.2. The molecule has 0 spiro atoms. The lowest BCUT2D eigenvalue weighted by Crippen LogP contribution is -2.42. The number of hydrogen-bond acceptors (Lipinski definition) is 4. The number of nitrogens with one attached hydrogen (secondary N) is 1. The number of para-hydroxylation sites is 2. The number of carbonyl (C=O) groups excluding carboxylic acids is 2. The Morgan fingerprint density at radius 2 is 1.81 bits per heavy atom. The van der Waals surface area contributed by atoms with Crippen molar-refractivity contribution in [3.63, 3.8) is 0 Å². The highest BCUT2D eigenvalue weighted by atomic mass is 32.2. The predicted octanol–water partition coefficient (Wildman–Crippen LogP) is 3.46. The number of hydrogen-bond donors (Lipinski definition) is 1. The van der Waals surface area contributed by atoms with E-state index < -0.39 is 6.04 Å². The van der Waals surface area contributed by atoms with E-state index in [2.05, 4.69) is 21.8 Å². The van der Waals surface area contributed by atoms with Gasteiger partial charge in [-0.25, -0.2) is 4.98 Å². The van der Waals surface area contributed by atoms with Crippen LogP contribution in [0.5, 0.6) is 0 Å². The van der Waals surface area contributed by atoms with Crippen LogP contribution in [-0.2, 0) is 22.6 Å². The molecule has 0 radical (unpaired) electrons. The van der Waals surface area contributed by atoms with Crippen molar-refractivity contribution in [2.45, 2.75) is 38.0 Å². The second kappa shape index (κ2) is 8.86. The number of thioether (sulfide) groups is 1. The van der Waals surface area contributed by atoms with Gasteiger partial charge in [-0.3, -0.25) is 9.59 Å². The average Bonchev–Trinajstić information content (AvgIpc) is 3.04. The maximum Gasteiger partial charge on any atom is 0.231 e. The third-order valence-corrected chi connectivity index (χ3v) is 5.35. The van der Waals surface area contributed by atoms with Crippen LogP contribution >= 0.6 is 11.8 Å². The molecule has 0 saturated carbocycles. The van der Waals surface area contributed by atoms with Crippen molar-refractivity contribution in [1.82, 2.24) is 14.9 Å². The lowest BCUT2D eigenvalue weighted by molar-refractivity contribution is -0.125. The highest BCUT2D eigenvalue weighted by Crippen LogP contribution is 2.23. The first-order valence-electron chi connectivity index (χ1n) is 9.00. The summed E-state index contributed by atoms with van der Waals surface area (Å²) in [5.41, 5.74) is 3.01. The Morgan fingerprint density at radius 1 is 1.11 bits per heavy atom. The van der Waals surface area contributed by atoms with Gasteiger partial charge in [0.2, 0.25) is 5.91 Å². The Bertz CT molecular complexity index is 937. The molecule has 1 heterocycles. The molecule has 0 bridgehead atoms. The molecule has 140 valence electrons. The van der Waals surface area contributed by atoms with Gasteiger partial charge >= 0.3 is 0 Å². The van der Waals surface area contributed by atoms with E-state index in [9.17, 15) is 9.59 Å². The molecule has 2 aromatic carbocycles. The van der Waals surface area contributed by atoms with Crippen molar-refractivity contribution in [3.05, 3.63) is 60.2 Å². The van der Waals surface area contributed by atoms with E-state index in [4.69, 9.17) is 0 Å². The lowest BCUT2D eigenvalue weighted by Gasteiger charge is -2.16. The monoisotopic (exact) mass is 381 g/mol. The van der Waals surface area contributed by atoms with Crippen LogP contribution in [0.15, 0.2) is 59.8 Å². The van der Waals surface area contributed by atoms with Gasteiger partial charge in [0, 0.05) is 6.54 Å². The van der Waals surface area contributed by atoms with Crippen LogP contribution in [0.4, 0.5) is 0 Å². The maximum atomic E-state index is 12.4. The first-order valence-corrected chi connectivity index (χ1v) is 9.99. The molecule has 1 amide bonds. The Labute approximate surface area is 163 Å². The maximum absolute atomic E-state index is 12.4. The fourth-order valence-electron chi connectivity index (χ4n) is 2.98. The van der Waals surface area contributed by atoms with Crippen LogP contribution in [0, 0.1) is 0 Å². The molecule has 3 rings (SSSR count). The minimum atomic E-state index is -0.509. The van der Waals surface area contributed by atoms with Gasteiger partial charge in [-0.05, 0) is 38.0 Å². The number of Topliss-reactive ketones (excluding diaryl/α,β-unsaturated/α-hetero) is 1. The van der Waals surface area contributed by atoms with Gasteiger partial charge in [0.05, 0.1) is 22.8 Å². The van der Waals surface area contributed by atoms with E-state index in [0.29, 0.717) is 6.42 Å². The fraction of sp³-hybridized carbons (Fsp3) is 0.286. The number of rotatable bonds is 8. The summed E-state index contributed by atoms with van der Waals surface area (Å²) in [5.74, 6) is 0.0193. The Hall–Kier alpha value is -2.60. The van der Waals surface area contributed by atoms with Crippen molar-refractivity contribution < 1.29 is 9.59 Å². The first-order chi connectivity index (χ1) is 13.1. The Balaban J connectivity index is 1.64. The summed E-state index contributed by atoms with van der Waals surface area (Å²) in [7, 11) is 0. The predicted molar refractivity (Wildman–Crippen MR) is 109 cm³/mol. The van der Waals surface area contributed by atoms with Crippen molar-refractivity contribution in [3.8, 4) is 0 Å². The number of imidazole rings is 1. The molecule has 0 aliphatic rings. The molecule has 1 atom stereocenters. The van der Waals surface area contributed by atoms with E-state index in [1.807, 2.05) is 54.6 Å². The van der Waals surface area contributed by atoms with Crippen LogP contribution in [0.2, 0.25) is 0 Å². The molecule has 3 aromatic rings. The second-order valence-electron chi connectivity index (χ2n) is 6.34. The van der Waals surface area contributed by atoms with E-state index in [0.717, 1.165) is 28.3 Å². The molecule has 0 saturated heterocycles. The van der Waals surface area contributed by atoms with E-state index >= 15 is 0 Å². The minimum absolute atomic E-state index is 0.0435. The molecule has 1 aromatic heterocycles. The van der Waals surface area contributed by atoms with E-state index in [1.54, 1.807) is 0 Å². The van der Waals surface area contributed by atoms with Crippen LogP contribution in [0.3, 0.4) is 0 Å². The molecule has 0 unspecified atom stereocenters.